The summed E-state index contributed by atoms with van der Waals surface area (Å²) < 4.78 is 0. The van der Waals surface area contributed by atoms with Gasteiger partial charge < -0.3 is 14.9 Å². The number of aliphatic hydroxyl groups excluding tert-OH is 1. The molecule has 2 amide bonds. The molecule has 7 heteroatoms. The number of hydrogen-bond donors (Lipinski definition) is 1. The van der Waals surface area contributed by atoms with Crippen LogP contribution in [0, 0.1) is 0 Å². The van der Waals surface area contributed by atoms with Crippen LogP contribution in [0.3, 0.4) is 0 Å². The molecule has 1 atom stereocenters. The Morgan fingerprint density at radius 1 is 1.10 bits per heavy atom. The van der Waals surface area contributed by atoms with E-state index in [2.05, 4.69) is 0 Å². The number of rotatable bonds is 2. The smallest absolute Gasteiger partial charge is 0.254 e. The van der Waals surface area contributed by atoms with Gasteiger partial charge in [-0.2, -0.15) is 0 Å². The highest BCUT2D eigenvalue weighted by Gasteiger charge is 2.26. The highest BCUT2D eigenvalue weighted by atomic mass is 35.5. The molecular formula is C14H16Cl2N2O3. The van der Waals surface area contributed by atoms with Crippen molar-refractivity contribution in [1.29, 1.82) is 0 Å². The largest absolute Gasteiger partial charge is 0.384 e. The van der Waals surface area contributed by atoms with E-state index in [0.717, 1.165) is 0 Å². The summed E-state index contributed by atoms with van der Waals surface area (Å²) in [5, 5.41) is 10.0. The summed E-state index contributed by atoms with van der Waals surface area (Å²) in [5.74, 6) is -0.450. The zero-order valence-electron chi connectivity index (χ0n) is 11.6. The molecule has 1 aromatic rings. The molecule has 21 heavy (non-hydrogen) atoms. The van der Waals surface area contributed by atoms with Crippen molar-refractivity contribution in [2.24, 2.45) is 0 Å². The number of nitrogens with zero attached hydrogens (tertiary/aromatic N) is 2. The maximum absolute atomic E-state index is 12.3. The Bertz CT molecular complexity index is 555. The third kappa shape index (κ3) is 3.67. The number of aliphatic hydroxyl groups is 1. The topological polar surface area (TPSA) is 60.9 Å². The van der Waals surface area contributed by atoms with Gasteiger partial charge in [0.2, 0.25) is 0 Å². The minimum absolute atomic E-state index is 0.141. The van der Waals surface area contributed by atoms with Gasteiger partial charge in [-0.1, -0.05) is 23.2 Å². The lowest BCUT2D eigenvalue weighted by Gasteiger charge is -2.35. The molecule has 2 rings (SSSR count). The van der Waals surface area contributed by atoms with Crippen molar-refractivity contribution >= 4 is 35.0 Å². The first-order valence-corrected chi connectivity index (χ1v) is 7.37. The number of piperazine rings is 1. The molecular weight excluding hydrogens is 315 g/mol. The summed E-state index contributed by atoms with van der Waals surface area (Å²) in [6.07, 6.45) is -1.01. The summed E-state index contributed by atoms with van der Waals surface area (Å²) in [6.45, 7) is 3.12. The molecule has 0 aromatic heterocycles. The highest BCUT2D eigenvalue weighted by Crippen LogP contribution is 2.23. The fraction of sp³-hybridized carbons (Fsp3) is 0.429. The lowest BCUT2D eigenvalue weighted by molar-refractivity contribution is -0.140. The molecule has 1 fully saturated rings. The van der Waals surface area contributed by atoms with E-state index in [1.54, 1.807) is 28.0 Å². The number of halogens is 2. The van der Waals surface area contributed by atoms with Crippen LogP contribution in [-0.2, 0) is 4.79 Å². The van der Waals surface area contributed by atoms with Crippen molar-refractivity contribution in [2.75, 3.05) is 26.2 Å². The monoisotopic (exact) mass is 330 g/mol. The maximum Gasteiger partial charge on any atom is 0.254 e. The molecule has 1 heterocycles. The van der Waals surface area contributed by atoms with Crippen molar-refractivity contribution in [3.05, 3.63) is 33.8 Å². The van der Waals surface area contributed by atoms with Crippen molar-refractivity contribution < 1.29 is 14.7 Å². The molecule has 0 spiro atoms. The van der Waals surface area contributed by atoms with Crippen molar-refractivity contribution in [3.8, 4) is 0 Å². The Hall–Kier alpha value is -1.30. The van der Waals surface area contributed by atoms with Crippen molar-refractivity contribution in [2.45, 2.75) is 13.0 Å². The standard InChI is InChI=1S/C14H16Cl2N2O3/c1-9(19)13(20)17-4-6-18(7-5-17)14(21)10-2-3-11(15)12(16)8-10/h2-3,8-9,19H,4-7H2,1H3. The van der Waals surface area contributed by atoms with Gasteiger partial charge in [0.25, 0.3) is 11.8 Å². The van der Waals surface area contributed by atoms with Gasteiger partial charge in [0.05, 0.1) is 10.0 Å². The van der Waals surface area contributed by atoms with Crippen molar-refractivity contribution in [1.82, 2.24) is 9.80 Å². The van der Waals surface area contributed by atoms with Crippen LogP contribution in [0.15, 0.2) is 18.2 Å². The van der Waals surface area contributed by atoms with Gasteiger partial charge in [-0.15, -0.1) is 0 Å². The van der Waals surface area contributed by atoms with Crippen LogP contribution in [0.4, 0.5) is 0 Å². The van der Waals surface area contributed by atoms with Gasteiger partial charge in [0, 0.05) is 31.7 Å². The average molecular weight is 331 g/mol. The molecule has 1 N–H and O–H groups in total. The van der Waals surface area contributed by atoms with E-state index in [4.69, 9.17) is 23.2 Å². The Balaban J connectivity index is 2.00. The molecule has 1 aliphatic rings. The molecule has 0 aliphatic carbocycles. The van der Waals surface area contributed by atoms with Gasteiger partial charge in [0.15, 0.2) is 0 Å². The first-order valence-electron chi connectivity index (χ1n) is 6.61. The Morgan fingerprint density at radius 2 is 1.67 bits per heavy atom. The minimum atomic E-state index is -1.01. The summed E-state index contributed by atoms with van der Waals surface area (Å²) in [4.78, 5) is 27.2. The molecule has 114 valence electrons. The lowest BCUT2D eigenvalue weighted by Crippen LogP contribution is -2.52. The number of hydrogen-bond acceptors (Lipinski definition) is 3. The van der Waals surface area contributed by atoms with Gasteiger partial charge in [-0.3, -0.25) is 9.59 Å². The number of carbonyl (C=O) groups is 2. The normalized spacial score (nSPS) is 16.8. The Labute approximate surface area is 133 Å². The molecule has 1 aromatic carbocycles. The Morgan fingerprint density at radius 3 is 2.19 bits per heavy atom. The average Bonchev–Trinajstić information content (AvgIpc) is 2.48. The van der Waals surface area contributed by atoms with Gasteiger partial charge in [-0.05, 0) is 25.1 Å². The van der Waals surface area contributed by atoms with Gasteiger partial charge in [-0.25, -0.2) is 0 Å². The molecule has 0 saturated carbocycles. The first kappa shape index (κ1) is 16.1. The summed E-state index contributed by atoms with van der Waals surface area (Å²) in [7, 11) is 0. The zero-order chi connectivity index (χ0) is 15.6. The van der Waals surface area contributed by atoms with Crippen LogP contribution < -0.4 is 0 Å². The van der Waals surface area contributed by atoms with E-state index in [1.807, 2.05) is 0 Å². The maximum atomic E-state index is 12.3. The minimum Gasteiger partial charge on any atom is -0.384 e. The summed E-state index contributed by atoms with van der Waals surface area (Å²) >= 11 is 11.7. The quantitative estimate of drug-likeness (QED) is 0.897. The second kappa shape index (κ2) is 6.64. The first-order chi connectivity index (χ1) is 9.90. The Kier molecular flexibility index (Phi) is 5.08. The number of carbonyl (C=O) groups excluding carboxylic acids is 2. The van der Waals surface area contributed by atoms with Crippen LogP contribution >= 0.6 is 23.2 Å². The molecule has 5 nitrogen and oxygen atoms in total. The van der Waals surface area contributed by atoms with Gasteiger partial charge >= 0.3 is 0 Å². The van der Waals surface area contributed by atoms with E-state index < -0.39 is 6.10 Å². The predicted octanol–water partition coefficient (Wildman–Crippen LogP) is 1.66. The highest BCUT2D eigenvalue weighted by molar-refractivity contribution is 6.42. The SMILES string of the molecule is CC(O)C(=O)N1CCN(C(=O)c2ccc(Cl)c(Cl)c2)CC1. The third-order valence-electron chi connectivity index (χ3n) is 3.40. The van der Waals surface area contributed by atoms with E-state index in [-0.39, 0.29) is 11.8 Å². The second-order valence-electron chi connectivity index (χ2n) is 4.92. The van der Waals surface area contributed by atoms with Crippen LogP contribution in [0.25, 0.3) is 0 Å². The van der Waals surface area contributed by atoms with Crippen LogP contribution in [0.2, 0.25) is 10.0 Å². The van der Waals surface area contributed by atoms with Crippen LogP contribution in [0.1, 0.15) is 17.3 Å². The summed E-state index contributed by atoms with van der Waals surface area (Å²) in [5.41, 5.74) is 0.472. The van der Waals surface area contributed by atoms with E-state index in [9.17, 15) is 14.7 Å². The second-order valence-corrected chi connectivity index (χ2v) is 5.74. The predicted molar refractivity (Wildman–Crippen MR) is 80.6 cm³/mol. The zero-order valence-corrected chi connectivity index (χ0v) is 13.1. The number of benzene rings is 1. The molecule has 1 saturated heterocycles. The fourth-order valence-electron chi connectivity index (χ4n) is 2.21. The molecule has 0 radical (unpaired) electrons. The van der Waals surface area contributed by atoms with E-state index in [0.29, 0.717) is 41.8 Å². The van der Waals surface area contributed by atoms with Crippen molar-refractivity contribution in [3.63, 3.8) is 0 Å². The van der Waals surface area contributed by atoms with Gasteiger partial charge in [0.1, 0.15) is 6.10 Å². The van der Waals surface area contributed by atoms with Crippen LogP contribution in [-0.4, -0.2) is 59.0 Å². The van der Waals surface area contributed by atoms with Crippen LogP contribution in [0.5, 0.6) is 0 Å². The molecule has 0 bridgehead atoms. The third-order valence-corrected chi connectivity index (χ3v) is 4.14. The lowest BCUT2D eigenvalue weighted by atomic mass is 10.1. The fourth-order valence-corrected chi connectivity index (χ4v) is 2.50. The molecule has 1 unspecified atom stereocenters. The molecule has 1 aliphatic heterocycles. The van der Waals surface area contributed by atoms with E-state index >= 15 is 0 Å². The summed E-state index contributed by atoms with van der Waals surface area (Å²) in [6, 6.07) is 4.76. The number of amides is 2. The van der Waals surface area contributed by atoms with E-state index in [1.165, 1.54) is 6.92 Å².